The van der Waals surface area contributed by atoms with Crippen molar-refractivity contribution in [2.24, 2.45) is 0 Å². The van der Waals surface area contributed by atoms with Crippen LogP contribution >= 0.6 is 0 Å². The zero-order chi connectivity index (χ0) is 13.2. The summed E-state index contributed by atoms with van der Waals surface area (Å²) in [5.74, 6) is 1.30. The number of hydrogen-bond acceptors (Lipinski definition) is 4. The lowest BCUT2D eigenvalue weighted by atomic mass is 10.1. The molecule has 2 heterocycles. The van der Waals surface area contributed by atoms with Gasteiger partial charge >= 0.3 is 0 Å². The lowest BCUT2D eigenvalue weighted by molar-refractivity contribution is 0.101. The second-order valence-electron chi connectivity index (χ2n) is 4.35. The number of benzene rings is 1. The van der Waals surface area contributed by atoms with E-state index in [4.69, 9.17) is 4.52 Å². The van der Waals surface area contributed by atoms with Crippen LogP contribution < -0.4 is 5.32 Å². The van der Waals surface area contributed by atoms with Gasteiger partial charge in [-0.2, -0.15) is 0 Å². The molecule has 0 saturated carbocycles. The molecule has 0 fully saturated rings. The molecule has 5 nitrogen and oxygen atoms in total. The number of H-pyrrole nitrogens is 1. The molecule has 0 saturated heterocycles. The summed E-state index contributed by atoms with van der Waals surface area (Å²) in [5.41, 5.74) is 1.64. The number of carbonyl (C=O) groups excluding carboxylic acids is 1. The average molecular weight is 255 g/mol. The summed E-state index contributed by atoms with van der Waals surface area (Å²) in [5, 5.41) is 7.67. The van der Waals surface area contributed by atoms with E-state index < -0.39 is 0 Å². The molecule has 5 heteroatoms. The standard InChI is InChI=1S/C14H13N3O2/c1-9-6-14(17-19-9)16-8-13(18)11-7-15-12-5-3-2-4-10(11)12/h2-7,15H,8H2,1H3,(H,16,17). The van der Waals surface area contributed by atoms with Crippen molar-refractivity contribution in [3.63, 3.8) is 0 Å². The van der Waals surface area contributed by atoms with Gasteiger partial charge in [0.1, 0.15) is 5.76 Å². The predicted octanol–water partition coefficient (Wildman–Crippen LogP) is 2.76. The number of aromatic nitrogens is 2. The normalized spacial score (nSPS) is 10.8. The number of aromatic amines is 1. The van der Waals surface area contributed by atoms with Crippen molar-refractivity contribution in [3.05, 3.63) is 47.9 Å². The SMILES string of the molecule is Cc1cc(NCC(=O)c2c[nH]c3ccccc23)no1. The average Bonchev–Trinajstić information content (AvgIpc) is 3.02. The summed E-state index contributed by atoms with van der Waals surface area (Å²) in [6, 6.07) is 9.48. The third kappa shape index (κ3) is 2.22. The van der Waals surface area contributed by atoms with Crippen LogP contribution in [0.5, 0.6) is 0 Å². The molecule has 0 aliphatic heterocycles. The van der Waals surface area contributed by atoms with Gasteiger partial charge in [0.25, 0.3) is 0 Å². The van der Waals surface area contributed by atoms with Crippen molar-refractivity contribution in [2.75, 3.05) is 11.9 Å². The number of hydrogen-bond donors (Lipinski definition) is 2. The van der Waals surface area contributed by atoms with Crippen LogP contribution in [0.1, 0.15) is 16.1 Å². The lowest BCUT2D eigenvalue weighted by Crippen LogP contribution is -2.13. The Morgan fingerprint density at radius 2 is 2.26 bits per heavy atom. The zero-order valence-corrected chi connectivity index (χ0v) is 10.4. The molecule has 0 radical (unpaired) electrons. The first-order chi connectivity index (χ1) is 9.24. The fourth-order valence-corrected chi connectivity index (χ4v) is 2.02. The number of nitrogens with one attached hydrogen (secondary N) is 2. The predicted molar refractivity (Wildman–Crippen MR) is 72.4 cm³/mol. The maximum atomic E-state index is 12.2. The van der Waals surface area contributed by atoms with Crippen LogP contribution in [-0.2, 0) is 0 Å². The number of para-hydroxylation sites is 1. The number of carbonyl (C=O) groups is 1. The maximum absolute atomic E-state index is 12.2. The number of fused-ring (bicyclic) bond motifs is 1. The molecule has 19 heavy (non-hydrogen) atoms. The molecule has 3 rings (SSSR count). The highest BCUT2D eigenvalue weighted by molar-refractivity contribution is 6.09. The Bertz CT molecular complexity index is 727. The second-order valence-corrected chi connectivity index (χ2v) is 4.35. The van der Waals surface area contributed by atoms with Gasteiger partial charge in [-0.3, -0.25) is 4.79 Å². The summed E-state index contributed by atoms with van der Waals surface area (Å²) in [4.78, 5) is 15.2. The van der Waals surface area contributed by atoms with Crippen LogP contribution in [0.15, 0.2) is 41.1 Å². The summed E-state index contributed by atoms with van der Waals surface area (Å²) in [6.07, 6.45) is 1.74. The Morgan fingerprint density at radius 1 is 1.42 bits per heavy atom. The highest BCUT2D eigenvalue weighted by Crippen LogP contribution is 2.18. The Labute approximate surface area is 109 Å². The van der Waals surface area contributed by atoms with E-state index in [1.807, 2.05) is 24.3 Å². The van der Waals surface area contributed by atoms with E-state index in [9.17, 15) is 4.79 Å². The molecule has 0 aliphatic carbocycles. The maximum Gasteiger partial charge on any atom is 0.184 e. The molecule has 96 valence electrons. The smallest absolute Gasteiger partial charge is 0.184 e. The van der Waals surface area contributed by atoms with Gasteiger partial charge in [0.05, 0.1) is 6.54 Å². The van der Waals surface area contributed by atoms with E-state index in [-0.39, 0.29) is 12.3 Å². The van der Waals surface area contributed by atoms with Crippen LogP contribution in [-0.4, -0.2) is 22.5 Å². The second kappa shape index (κ2) is 4.61. The van der Waals surface area contributed by atoms with Crippen molar-refractivity contribution < 1.29 is 9.32 Å². The highest BCUT2D eigenvalue weighted by atomic mass is 16.5. The van der Waals surface area contributed by atoms with Gasteiger partial charge in [0, 0.05) is 28.7 Å². The summed E-state index contributed by atoms with van der Waals surface area (Å²) < 4.78 is 4.93. The van der Waals surface area contributed by atoms with Crippen molar-refractivity contribution >= 4 is 22.5 Å². The number of aryl methyl sites for hydroxylation is 1. The molecule has 0 aliphatic rings. The molecule has 2 aromatic heterocycles. The highest BCUT2D eigenvalue weighted by Gasteiger charge is 2.12. The fourth-order valence-electron chi connectivity index (χ4n) is 2.02. The Hall–Kier alpha value is -2.56. The summed E-state index contributed by atoms with van der Waals surface area (Å²) in [6.45, 7) is 1.99. The molecule has 0 amide bonds. The molecule has 3 aromatic rings. The molecule has 0 atom stereocenters. The van der Waals surface area contributed by atoms with Crippen LogP contribution in [0.4, 0.5) is 5.82 Å². The van der Waals surface area contributed by atoms with Gasteiger partial charge < -0.3 is 14.8 Å². The van der Waals surface area contributed by atoms with E-state index in [1.165, 1.54) is 0 Å². The Morgan fingerprint density at radius 3 is 3.05 bits per heavy atom. The van der Waals surface area contributed by atoms with E-state index in [2.05, 4.69) is 15.5 Å². The van der Waals surface area contributed by atoms with Gasteiger partial charge in [-0.1, -0.05) is 23.4 Å². The van der Waals surface area contributed by atoms with E-state index in [0.717, 1.165) is 10.9 Å². The van der Waals surface area contributed by atoms with E-state index in [1.54, 1.807) is 19.2 Å². The third-order valence-corrected chi connectivity index (χ3v) is 2.95. The third-order valence-electron chi connectivity index (χ3n) is 2.95. The largest absolute Gasteiger partial charge is 0.360 e. The fraction of sp³-hybridized carbons (Fsp3) is 0.143. The minimum atomic E-state index is 0.0121. The van der Waals surface area contributed by atoms with Crippen LogP contribution in [0.2, 0.25) is 0 Å². The van der Waals surface area contributed by atoms with Crippen molar-refractivity contribution in [2.45, 2.75) is 6.92 Å². The van der Waals surface area contributed by atoms with Crippen LogP contribution in [0.3, 0.4) is 0 Å². The Balaban J connectivity index is 1.77. The zero-order valence-electron chi connectivity index (χ0n) is 10.4. The number of ketones is 1. The first kappa shape index (κ1) is 11.5. The lowest BCUT2D eigenvalue weighted by Gasteiger charge is -2.00. The van der Waals surface area contributed by atoms with Gasteiger partial charge in [-0.25, -0.2) is 0 Å². The topological polar surface area (TPSA) is 70.9 Å². The minimum absolute atomic E-state index is 0.0121. The number of Topliss-reactive ketones (excluding diaryl/α,β-unsaturated/α-hetero) is 1. The Kier molecular flexibility index (Phi) is 2.79. The molecule has 2 N–H and O–H groups in total. The van der Waals surface area contributed by atoms with Crippen molar-refractivity contribution in [3.8, 4) is 0 Å². The first-order valence-electron chi connectivity index (χ1n) is 6.00. The van der Waals surface area contributed by atoms with Gasteiger partial charge in [0.15, 0.2) is 11.6 Å². The monoisotopic (exact) mass is 255 g/mol. The van der Waals surface area contributed by atoms with E-state index in [0.29, 0.717) is 17.1 Å². The molecule has 0 bridgehead atoms. The van der Waals surface area contributed by atoms with Crippen LogP contribution in [0, 0.1) is 6.92 Å². The number of rotatable bonds is 4. The first-order valence-corrected chi connectivity index (χ1v) is 6.00. The quantitative estimate of drug-likeness (QED) is 0.703. The van der Waals surface area contributed by atoms with Gasteiger partial charge in [0.2, 0.25) is 0 Å². The number of nitrogens with zero attached hydrogens (tertiary/aromatic N) is 1. The van der Waals surface area contributed by atoms with Crippen LogP contribution in [0.25, 0.3) is 10.9 Å². The molecular formula is C14H13N3O2. The van der Waals surface area contributed by atoms with Crippen molar-refractivity contribution in [1.82, 2.24) is 10.1 Å². The molecule has 0 spiro atoms. The molecule has 1 aromatic carbocycles. The summed E-state index contributed by atoms with van der Waals surface area (Å²) in [7, 11) is 0. The molecular weight excluding hydrogens is 242 g/mol. The van der Waals surface area contributed by atoms with E-state index >= 15 is 0 Å². The van der Waals surface area contributed by atoms with Crippen molar-refractivity contribution in [1.29, 1.82) is 0 Å². The molecule has 0 unspecified atom stereocenters. The summed E-state index contributed by atoms with van der Waals surface area (Å²) >= 11 is 0. The minimum Gasteiger partial charge on any atom is -0.360 e. The van der Waals surface area contributed by atoms with Gasteiger partial charge in [-0.05, 0) is 13.0 Å². The number of anilines is 1. The van der Waals surface area contributed by atoms with Gasteiger partial charge in [-0.15, -0.1) is 0 Å².